The van der Waals surface area contributed by atoms with Gasteiger partial charge in [-0.3, -0.25) is 4.90 Å². The molecule has 1 aliphatic heterocycles. The standard InChI is InChI=1S/C11H18N4O2S/c1-15(10-3-5-18(16,17)8-10)7-9-2-4-13-11(6-9)14-12/h2,4,6,10H,3,5,7-8,12H2,1H3,(H,13,14). The van der Waals surface area contributed by atoms with Crippen LogP contribution in [0.5, 0.6) is 0 Å². The van der Waals surface area contributed by atoms with Gasteiger partial charge in [-0.25, -0.2) is 19.2 Å². The first-order chi connectivity index (χ1) is 8.50. The van der Waals surface area contributed by atoms with E-state index in [1.807, 2.05) is 19.2 Å². The van der Waals surface area contributed by atoms with Crippen LogP contribution in [0.25, 0.3) is 0 Å². The molecule has 0 spiro atoms. The molecule has 0 amide bonds. The van der Waals surface area contributed by atoms with Crippen molar-refractivity contribution in [2.75, 3.05) is 24.0 Å². The normalized spacial score (nSPS) is 22.3. The second-order valence-corrected chi connectivity index (χ2v) is 6.89. The van der Waals surface area contributed by atoms with Crippen molar-refractivity contribution in [3.8, 4) is 0 Å². The maximum Gasteiger partial charge on any atom is 0.151 e. The van der Waals surface area contributed by atoms with Gasteiger partial charge in [-0.15, -0.1) is 0 Å². The lowest BCUT2D eigenvalue weighted by molar-refractivity contribution is 0.254. The number of hydrogen-bond donors (Lipinski definition) is 2. The van der Waals surface area contributed by atoms with Crippen molar-refractivity contribution in [2.24, 2.45) is 5.84 Å². The minimum absolute atomic E-state index is 0.109. The first-order valence-electron chi connectivity index (χ1n) is 5.82. The second-order valence-electron chi connectivity index (χ2n) is 4.67. The first-order valence-corrected chi connectivity index (χ1v) is 7.64. The Morgan fingerprint density at radius 3 is 3.00 bits per heavy atom. The summed E-state index contributed by atoms with van der Waals surface area (Å²) in [4.78, 5) is 6.10. The predicted molar refractivity (Wildman–Crippen MR) is 70.6 cm³/mol. The first kappa shape index (κ1) is 13.3. The third kappa shape index (κ3) is 3.18. The third-order valence-corrected chi connectivity index (χ3v) is 4.99. The van der Waals surface area contributed by atoms with Crippen molar-refractivity contribution in [3.63, 3.8) is 0 Å². The quantitative estimate of drug-likeness (QED) is 0.591. The molecule has 1 aliphatic rings. The smallest absolute Gasteiger partial charge is 0.151 e. The number of aromatic nitrogens is 1. The van der Waals surface area contributed by atoms with Crippen LogP contribution in [0, 0.1) is 0 Å². The number of rotatable bonds is 4. The topological polar surface area (TPSA) is 88.3 Å². The Bertz CT molecular complexity index is 518. The Morgan fingerprint density at radius 1 is 1.61 bits per heavy atom. The van der Waals surface area contributed by atoms with Crippen molar-refractivity contribution in [1.82, 2.24) is 9.88 Å². The van der Waals surface area contributed by atoms with Gasteiger partial charge in [-0.05, 0) is 31.2 Å². The average Bonchev–Trinajstić information content (AvgIpc) is 2.70. The molecule has 2 heterocycles. The van der Waals surface area contributed by atoms with Gasteiger partial charge in [0.1, 0.15) is 5.82 Å². The van der Waals surface area contributed by atoms with Gasteiger partial charge in [-0.1, -0.05) is 0 Å². The van der Waals surface area contributed by atoms with Crippen LogP contribution in [0.1, 0.15) is 12.0 Å². The molecule has 0 aromatic carbocycles. The molecular weight excluding hydrogens is 252 g/mol. The van der Waals surface area contributed by atoms with Crippen molar-refractivity contribution in [1.29, 1.82) is 0 Å². The van der Waals surface area contributed by atoms with E-state index in [0.29, 0.717) is 24.5 Å². The van der Waals surface area contributed by atoms with Gasteiger partial charge in [0.05, 0.1) is 11.5 Å². The highest BCUT2D eigenvalue weighted by Crippen LogP contribution is 2.18. The van der Waals surface area contributed by atoms with E-state index in [1.165, 1.54) is 0 Å². The van der Waals surface area contributed by atoms with E-state index in [2.05, 4.69) is 15.3 Å². The van der Waals surface area contributed by atoms with Crippen LogP contribution in [-0.2, 0) is 16.4 Å². The summed E-state index contributed by atoms with van der Waals surface area (Å²) in [7, 11) is -0.886. The molecule has 1 fully saturated rings. The zero-order valence-corrected chi connectivity index (χ0v) is 11.2. The average molecular weight is 270 g/mol. The number of nitrogens with two attached hydrogens (primary N) is 1. The molecule has 0 radical (unpaired) electrons. The summed E-state index contributed by atoms with van der Waals surface area (Å²) in [5.41, 5.74) is 3.56. The van der Waals surface area contributed by atoms with Crippen LogP contribution in [0.2, 0.25) is 0 Å². The highest BCUT2D eigenvalue weighted by Gasteiger charge is 2.30. The molecule has 1 aromatic heterocycles. The Kier molecular flexibility index (Phi) is 3.84. The summed E-state index contributed by atoms with van der Waals surface area (Å²) < 4.78 is 22.9. The number of hydrogen-bond acceptors (Lipinski definition) is 6. The summed E-state index contributed by atoms with van der Waals surface area (Å²) in [6.45, 7) is 0.692. The van der Waals surface area contributed by atoms with E-state index >= 15 is 0 Å². The fourth-order valence-corrected chi connectivity index (χ4v) is 4.00. The number of sulfone groups is 1. The SMILES string of the molecule is CN(Cc1ccnc(NN)c1)C1CCS(=O)(=O)C1. The summed E-state index contributed by atoms with van der Waals surface area (Å²) >= 11 is 0. The van der Waals surface area contributed by atoms with E-state index in [9.17, 15) is 8.42 Å². The summed E-state index contributed by atoms with van der Waals surface area (Å²) in [6, 6.07) is 3.87. The van der Waals surface area contributed by atoms with E-state index < -0.39 is 9.84 Å². The molecule has 2 rings (SSSR count). The van der Waals surface area contributed by atoms with Gasteiger partial charge >= 0.3 is 0 Å². The lowest BCUT2D eigenvalue weighted by Gasteiger charge is -2.23. The molecule has 6 nitrogen and oxygen atoms in total. The highest BCUT2D eigenvalue weighted by atomic mass is 32.2. The van der Waals surface area contributed by atoms with Crippen LogP contribution < -0.4 is 11.3 Å². The highest BCUT2D eigenvalue weighted by molar-refractivity contribution is 7.91. The Balaban J connectivity index is 2.01. The van der Waals surface area contributed by atoms with Gasteiger partial charge in [0, 0.05) is 18.8 Å². The van der Waals surface area contributed by atoms with Crippen molar-refractivity contribution in [3.05, 3.63) is 23.9 Å². The molecule has 0 saturated carbocycles. The van der Waals surface area contributed by atoms with Crippen LogP contribution in [-0.4, -0.2) is 42.9 Å². The van der Waals surface area contributed by atoms with Crippen LogP contribution in [0.15, 0.2) is 18.3 Å². The third-order valence-electron chi connectivity index (χ3n) is 3.24. The fourth-order valence-electron chi connectivity index (χ4n) is 2.19. The summed E-state index contributed by atoms with van der Waals surface area (Å²) in [5.74, 6) is 6.47. The molecule has 1 unspecified atom stereocenters. The van der Waals surface area contributed by atoms with Crippen LogP contribution >= 0.6 is 0 Å². The minimum Gasteiger partial charge on any atom is -0.308 e. The molecular formula is C11H18N4O2S. The molecule has 18 heavy (non-hydrogen) atoms. The molecule has 3 N–H and O–H groups in total. The number of hydrazine groups is 1. The minimum atomic E-state index is -2.83. The molecule has 100 valence electrons. The number of nitrogen functional groups attached to an aromatic ring is 1. The zero-order valence-electron chi connectivity index (χ0n) is 10.3. The van der Waals surface area contributed by atoms with Crippen molar-refractivity contribution in [2.45, 2.75) is 19.0 Å². The Labute approximate surface area is 107 Å². The van der Waals surface area contributed by atoms with Gasteiger partial charge < -0.3 is 5.43 Å². The maximum absolute atomic E-state index is 11.4. The molecule has 1 atom stereocenters. The molecule has 1 aromatic rings. The van der Waals surface area contributed by atoms with Gasteiger partial charge in [0.2, 0.25) is 0 Å². The lowest BCUT2D eigenvalue weighted by Crippen LogP contribution is -2.32. The number of pyridine rings is 1. The van der Waals surface area contributed by atoms with Gasteiger partial charge in [-0.2, -0.15) is 0 Å². The molecule has 7 heteroatoms. The Morgan fingerprint density at radius 2 is 2.39 bits per heavy atom. The maximum atomic E-state index is 11.4. The largest absolute Gasteiger partial charge is 0.308 e. The van der Waals surface area contributed by atoms with Crippen LogP contribution in [0.4, 0.5) is 5.82 Å². The zero-order chi connectivity index (χ0) is 13.2. The van der Waals surface area contributed by atoms with Gasteiger partial charge in [0.15, 0.2) is 9.84 Å². The second kappa shape index (κ2) is 5.21. The van der Waals surface area contributed by atoms with Crippen molar-refractivity contribution < 1.29 is 8.42 Å². The van der Waals surface area contributed by atoms with Gasteiger partial charge in [0.25, 0.3) is 0 Å². The Hall–Kier alpha value is -1.18. The monoisotopic (exact) mass is 270 g/mol. The number of nitrogens with one attached hydrogen (secondary N) is 1. The molecule has 0 bridgehead atoms. The number of anilines is 1. The summed E-state index contributed by atoms with van der Waals surface area (Å²) in [6.07, 6.45) is 2.40. The molecule has 0 aliphatic carbocycles. The fraction of sp³-hybridized carbons (Fsp3) is 0.545. The van der Waals surface area contributed by atoms with E-state index in [4.69, 9.17) is 5.84 Å². The number of nitrogens with zero attached hydrogens (tertiary/aromatic N) is 2. The summed E-state index contributed by atoms with van der Waals surface area (Å²) in [5, 5.41) is 0. The molecule has 1 saturated heterocycles. The lowest BCUT2D eigenvalue weighted by atomic mass is 10.2. The van der Waals surface area contributed by atoms with Crippen molar-refractivity contribution >= 4 is 15.7 Å². The van der Waals surface area contributed by atoms with E-state index in [1.54, 1.807) is 6.20 Å². The van der Waals surface area contributed by atoms with E-state index in [0.717, 1.165) is 5.56 Å². The van der Waals surface area contributed by atoms with Crippen LogP contribution in [0.3, 0.4) is 0 Å². The predicted octanol–water partition coefficient (Wildman–Crippen LogP) is -0.0139. The van der Waals surface area contributed by atoms with E-state index in [-0.39, 0.29) is 11.8 Å².